The van der Waals surface area contributed by atoms with Crippen LogP contribution in [0.3, 0.4) is 0 Å². The van der Waals surface area contributed by atoms with Gasteiger partial charge in [-0.2, -0.15) is 0 Å². The summed E-state index contributed by atoms with van der Waals surface area (Å²) in [4.78, 5) is 22.2. The predicted octanol–water partition coefficient (Wildman–Crippen LogP) is 6.42. The van der Waals surface area contributed by atoms with Crippen LogP contribution in [-0.4, -0.2) is 16.0 Å². The highest BCUT2D eigenvalue weighted by Crippen LogP contribution is 2.39. The number of hydrogen-bond acceptors (Lipinski definition) is 8. The fourth-order valence-corrected chi connectivity index (χ4v) is 4.18. The van der Waals surface area contributed by atoms with Crippen LogP contribution < -0.4 is 19.9 Å². The maximum atomic E-state index is 11.5. The van der Waals surface area contributed by atoms with Gasteiger partial charge in [-0.3, -0.25) is 14.9 Å². The fourth-order valence-electron chi connectivity index (χ4n) is 4.18. The number of ether oxygens (including phenoxy) is 3. The molecule has 10 nitrogen and oxygen atoms in total. The van der Waals surface area contributed by atoms with Crippen molar-refractivity contribution in [3.8, 4) is 23.0 Å². The Labute approximate surface area is 241 Å². The molecule has 0 atom stereocenters. The molecule has 0 aliphatic rings. The number of carbonyl (C=O) groups is 1. The van der Waals surface area contributed by atoms with Gasteiger partial charge in [-0.1, -0.05) is 65.8 Å². The minimum absolute atomic E-state index is 0.0300. The van der Waals surface area contributed by atoms with Gasteiger partial charge in [0.05, 0.1) is 10.6 Å². The van der Waals surface area contributed by atoms with Crippen molar-refractivity contribution in [3.63, 3.8) is 0 Å². The molecular formula is C32H27N3O7. The highest BCUT2D eigenvalue weighted by molar-refractivity contribution is 5.89. The lowest BCUT2D eigenvalue weighted by Crippen LogP contribution is -2.09. The number of benzene rings is 4. The lowest BCUT2D eigenvalue weighted by Gasteiger charge is -2.19. The molecule has 0 radical (unpaired) electrons. The molecule has 2 N–H and O–H groups in total. The van der Waals surface area contributed by atoms with Crippen LogP contribution in [0.1, 0.15) is 32.9 Å². The molecule has 1 amide bonds. The Bertz CT molecular complexity index is 1650. The van der Waals surface area contributed by atoms with Crippen molar-refractivity contribution < 1.29 is 28.5 Å². The molecule has 0 fully saturated rings. The van der Waals surface area contributed by atoms with Gasteiger partial charge in [-0.15, -0.1) is 0 Å². The lowest BCUT2D eigenvalue weighted by atomic mass is 10.0. The average Bonchev–Trinajstić information content (AvgIpc) is 3.49. The maximum absolute atomic E-state index is 11.5. The average molecular weight is 566 g/mol. The number of non-ortho nitro benzene ring substituents is 1. The van der Waals surface area contributed by atoms with E-state index in [1.165, 1.54) is 30.3 Å². The van der Waals surface area contributed by atoms with Crippen LogP contribution >= 0.6 is 0 Å². The van der Waals surface area contributed by atoms with Crippen LogP contribution in [-0.2, 0) is 26.1 Å². The zero-order chi connectivity index (χ0) is 29.3. The van der Waals surface area contributed by atoms with Gasteiger partial charge < -0.3 is 24.5 Å². The van der Waals surface area contributed by atoms with Crippen molar-refractivity contribution in [3.05, 3.63) is 141 Å². The van der Waals surface area contributed by atoms with E-state index in [2.05, 4.69) is 5.16 Å². The molecule has 42 heavy (non-hydrogen) atoms. The van der Waals surface area contributed by atoms with Gasteiger partial charge in [0.25, 0.3) is 11.6 Å². The van der Waals surface area contributed by atoms with Crippen LogP contribution in [0.25, 0.3) is 0 Å². The Balaban J connectivity index is 1.49. The summed E-state index contributed by atoms with van der Waals surface area (Å²) in [6.45, 7) is 0.618. The first kappa shape index (κ1) is 27.9. The standard InChI is InChI=1S/C32H27N3O7/c33-32(36)31-17-24(34-42-31)11-16-28-29(40-21-23-9-5-2-6-10-23)18-27(39-20-22-7-3-1-4-8-22)19-30(28)41-26-14-12-25(13-15-26)35(37)38/h1-10,12-15,17-19H,11,16,20-21H2,(H2,33,36). The van der Waals surface area contributed by atoms with Gasteiger partial charge in [0, 0.05) is 35.9 Å². The van der Waals surface area contributed by atoms with Gasteiger partial charge >= 0.3 is 0 Å². The Morgan fingerprint density at radius 1 is 0.786 bits per heavy atom. The van der Waals surface area contributed by atoms with E-state index in [0.717, 1.165) is 11.1 Å². The SMILES string of the molecule is NC(=O)c1cc(CCc2c(OCc3ccccc3)cc(OCc3ccccc3)cc2Oc2ccc([N+](=O)[O-])cc2)no1. The van der Waals surface area contributed by atoms with Crippen molar-refractivity contribution in [2.24, 2.45) is 5.73 Å². The molecule has 1 heterocycles. The van der Waals surface area contributed by atoms with Crippen LogP contribution in [0.15, 0.2) is 108 Å². The quantitative estimate of drug-likeness (QED) is 0.127. The first-order valence-electron chi connectivity index (χ1n) is 13.1. The molecule has 10 heteroatoms. The third kappa shape index (κ3) is 7.30. The number of carbonyl (C=O) groups excluding carboxylic acids is 1. The first-order chi connectivity index (χ1) is 20.4. The number of nitro groups is 1. The third-order valence-corrected chi connectivity index (χ3v) is 6.34. The Morgan fingerprint density at radius 2 is 1.40 bits per heavy atom. The number of aryl methyl sites for hydroxylation is 1. The van der Waals surface area contributed by atoms with E-state index >= 15 is 0 Å². The summed E-state index contributed by atoms with van der Waals surface area (Å²) < 4.78 is 23.7. The van der Waals surface area contributed by atoms with Gasteiger partial charge in [-0.05, 0) is 36.1 Å². The molecule has 0 aliphatic heterocycles. The second-order valence-electron chi connectivity index (χ2n) is 9.35. The predicted molar refractivity (Wildman–Crippen MR) is 154 cm³/mol. The number of nitro benzene ring substituents is 1. The summed E-state index contributed by atoms with van der Waals surface area (Å²) in [6, 6.07) is 30.3. The number of hydrogen-bond donors (Lipinski definition) is 1. The van der Waals surface area contributed by atoms with E-state index in [9.17, 15) is 14.9 Å². The molecule has 5 rings (SSSR count). The number of nitrogens with zero attached hydrogens (tertiary/aromatic N) is 2. The molecule has 0 saturated heterocycles. The number of nitrogens with two attached hydrogens (primary N) is 1. The third-order valence-electron chi connectivity index (χ3n) is 6.34. The second kappa shape index (κ2) is 13.1. The zero-order valence-electron chi connectivity index (χ0n) is 22.5. The van der Waals surface area contributed by atoms with Crippen molar-refractivity contribution >= 4 is 11.6 Å². The number of aromatic nitrogens is 1. The van der Waals surface area contributed by atoms with Crippen molar-refractivity contribution in [1.29, 1.82) is 0 Å². The summed E-state index contributed by atoms with van der Waals surface area (Å²) in [5.41, 5.74) is 8.46. The monoisotopic (exact) mass is 565 g/mol. The highest BCUT2D eigenvalue weighted by atomic mass is 16.6. The Kier molecular flexibility index (Phi) is 8.73. The van der Waals surface area contributed by atoms with Crippen molar-refractivity contribution in [2.75, 3.05) is 0 Å². The van der Waals surface area contributed by atoms with E-state index in [1.807, 2.05) is 66.7 Å². The molecule has 1 aromatic heterocycles. The smallest absolute Gasteiger partial charge is 0.287 e. The summed E-state index contributed by atoms with van der Waals surface area (Å²) in [6.07, 6.45) is 0.787. The fraction of sp³-hybridized carbons (Fsp3) is 0.125. The topological polar surface area (TPSA) is 140 Å². The second-order valence-corrected chi connectivity index (χ2v) is 9.35. The van der Waals surface area contributed by atoms with E-state index in [0.29, 0.717) is 60.3 Å². The van der Waals surface area contributed by atoms with Crippen LogP contribution in [0.5, 0.6) is 23.0 Å². The van der Waals surface area contributed by atoms with E-state index in [4.69, 9.17) is 24.5 Å². The largest absolute Gasteiger partial charge is 0.489 e. The first-order valence-corrected chi connectivity index (χ1v) is 13.1. The summed E-state index contributed by atoms with van der Waals surface area (Å²) in [5, 5.41) is 15.1. The minimum atomic E-state index is -0.706. The molecule has 5 aromatic rings. The van der Waals surface area contributed by atoms with Crippen LogP contribution in [0.2, 0.25) is 0 Å². The van der Waals surface area contributed by atoms with Crippen LogP contribution in [0.4, 0.5) is 5.69 Å². The maximum Gasteiger partial charge on any atom is 0.287 e. The highest BCUT2D eigenvalue weighted by Gasteiger charge is 2.18. The van der Waals surface area contributed by atoms with Crippen molar-refractivity contribution in [1.82, 2.24) is 5.16 Å². The molecule has 0 spiro atoms. The molecule has 0 unspecified atom stereocenters. The van der Waals surface area contributed by atoms with Gasteiger partial charge in [-0.25, -0.2) is 0 Å². The normalized spacial score (nSPS) is 10.7. The minimum Gasteiger partial charge on any atom is -0.489 e. The molecule has 0 bridgehead atoms. The molecular weight excluding hydrogens is 538 g/mol. The number of rotatable bonds is 13. The number of amides is 1. The van der Waals surface area contributed by atoms with E-state index < -0.39 is 10.8 Å². The summed E-state index contributed by atoms with van der Waals surface area (Å²) in [7, 11) is 0. The zero-order valence-corrected chi connectivity index (χ0v) is 22.5. The van der Waals surface area contributed by atoms with Gasteiger partial charge in [0.1, 0.15) is 36.2 Å². The molecule has 212 valence electrons. The molecule has 4 aromatic carbocycles. The van der Waals surface area contributed by atoms with E-state index in [1.54, 1.807) is 6.07 Å². The van der Waals surface area contributed by atoms with Crippen LogP contribution in [0, 0.1) is 10.1 Å². The number of primary amides is 1. The van der Waals surface area contributed by atoms with Gasteiger partial charge in [0.2, 0.25) is 5.76 Å². The van der Waals surface area contributed by atoms with E-state index in [-0.39, 0.29) is 11.4 Å². The summed E-state index contributed by atoms with van der Waals surface area (Å²) >= 11 is 0. The summed E-state index contributed by atoms with van der Waals surface area (Å²) in [5.74, 6) is 1.14. The van der Waals surface area contributed by atoms with Crippen molar-refractivity contribution in [2.45, 2.75) is 26.1 Å². The molecule has 0 aliphatic carbocycles. The lowest BCUT2D eigenvalue weighted by molar-refractivity contribution is -0.384. The Morgan fingerprint density at radius 3 is 2.00 bits per heavy atom. The van der Waals surface area contributed by atoms with Gasteiger partial charge in [0.15, 0.2) is 0 Å². The Hall–Kier alpha value is -5.64. The molecule has 0 saturated carbocycles.